The number of thiazole rings is 1. The third-order valence-corrected chi connectivity index (χ3v) is 7.14. The maximum Gasteiger partial charge on any atom is 0.352 e. The van der Waals surface area contributed by atoms with Gasteiger partial charge in [0.2, 0.25) is 0 Å². The van der Waals surface area contributed by atoms with Gasteiger partial charge in [-0.3, -0.25) is 19.3 Å². The summed E-state index contributed by atoms with van der Waals surface area (Å²) in [5.74, 6) is -2.49. The molecule has 1 saturated carbocycles. The van der Waals surface area contributed by atoms with E-state index in [0.717, 1.165) is 29.1 Å². The van der Waals surface area contributed by atoms with Gasteiger partial charge in [0.1, 0.15) is 36.0 Å². The van der Waals surface area contributed by atoms with Gasteiger partial charge in [-0.1, -0.05) is 5.16 Å². The van der Waals surface area contributed by atoms with Crippen LogP contribution in [0.5, 0.6) is 0 Å². The van der Waals surface area contributed by atoms with Crippen molar-refractivity contribution in [2.75, 3.05) is 24.7 Å². The first-order chi connectivity index (χ1) is 15.8. The molecule has 2 atom stereocenters. The van der Waals surface area contributed by atoms with Crippen LogP contribution in [0.25, 0.3) is 0 Å². The van der Waals surface area contributed by atoms with Crippen molar-refractivity contribution in [1.29, 1.82) is 0 Å². The van der Waals surface area contributed by atoms with Gasteiger partial charge in [0.25, 0.3) is 11.8 Å². The number of amides is 2. The number of nitrogens with one attached hydrogen (secondary N) is 1. The molecule has 0 aromatic carbocycles. The summed E-state index contributed by atoms with van der Waals surface area (Å²) in [5, 5.41) is 17.4. The van der Waals surface area contributed by atoms with Gasteiger partial charge in [0.05, 0.1) is 0 Å². The normalized spacial score (nSPS) is 22.4. The van der Waals surface area contributed by atoms with Crippen LogP contribution < -0.4 is 11.1 Å². The Morgan fingerprint density at radius 1 is 1.39 bits per heavy atom. The minimum absolute atomic E-state index is 0.111. The van der Waals surface area contributed by atoms with Gasteiger partial charge in [-0.15, -0.1) is 23.1 Å². The highest BCUT2D eigenvalue weighted by Gasteiger charge is 2.54. The van der Waals surface area contributed by atoms with Crippen LogP contribution in [0.1, 0.15) is 25.5 Å². The number of aromatic nitrogens is 1. The maximum absolute atomic E-state index is 13.0. The second-order valence-corrected chi connectivity index (χ2v) is 9.64. The van der Waals surface area contributed by atoms with Gasteiger partial charge >= 0.3 is 11.9 Å². The summed E-state index contributed by atoms with van der Waals surface area (Å²) in [6.07, 6.45) is 2.09. The predicted molar refractivity (Wildman–Crippen MR) is 118 cm³/mol. The molecule has 0 spiro atoms. The first kappa shape index (κ1) is 23.0. The molecule has 1 aromatic rings. The molecule has 2 aliphatic heterocycles. The fourth-order valence-corrected chi connectivity index (χ4v) is 5.16. The minimum Gasteiger partial charge on any atom is -0.477 e. The third-order valence-electron chi connectivity index (χ3n) is 5.13. The van der Waals surface area contributed by atoms with Crippen molar-refractivity contribution in [2.24, 2.45) is 11.1 Å². The Labute approximate surface area is 196 Å². The lowest BCUT2D eigenvalue weighted by Crippen LogP contribution is -2.71. The summed E-state index contributed by atoms with van der Waals surface area (Å²) in [6.45, 7) is 1.37. The van der Waals surface area contributed by atoms with Crippen LogP contribution in [-0.2, 0) is 28.8 Å². The van der Waals surface area contributed by atoms with Crippen molar-refractivity contribution in [2.45, 2.75) is 31.2 Å². The molecule has 0 radical (unpaired) electrons. The van der Waals surface area contributed by atoms with Crippen molar-refractivity contribution in [3.05, 3.63) is 22.3 Å². The summed E-state index contributed by atoms with van der Waals surface area (Å²) in [4.78, 5) is 59.1. The van der Waals surface area contributed by atoms with Crippen LogP contribution in [0.3, 0.4) is 0 Å². The van der Waals surface area contributed by atoms with E-state index in [9.17, 15) is 24.3 Å². The monoisotopic (exact) mass is 495 g/mol. The smallest absolute Gasteiger partial charge is 0.352 e. The molecule has 1 aliphatic carbocycles. The molecular weight excluding hydrogens is 474 g/mol. The fraction of sp³-hybridized carbons (Fsp3) is 0.474. The zero-order valence-corrected chi connectivity index (χ0v) is 19.1. The lowest BCUT2D eigenvalue weighted by atomic mass is 10.0. The quantitative estimate of drug-likeness (QED) is 0.185. The van der Waals surface area contributed by atoms with Crippen LogP contribution in [0.2, 0.25) is 0 Å². The number of carboxylic acids is 1. The first-order valence-corrected chi connectivity index (χ1v) is 11.9. The van der Waals surface area contributed by atoms with E-state index in [1.165, 1.54) is 18.7 Å². The summed E-state index contributed by atoms with van der Waals surface area (Å²) in [7, 11) is 0. The maximum atomic E-state index is 13.0. The molecule has 1 saturated heterocycles. The van der Waals surface area contributed by atoms with Gasteiger partial charge in [-0.25, -0.2) is 9.78 Å². The lowest BCUT2D eigenvalue weighted by Gasteiger charge is -2.49. The molecule has 33 heavy (non-hydrogen) atoms. The van der Waals surface area contributed by atoms with Gasteiger partial charge < -0.3 is 25.7 Å². The zero-order chi connectivity index (χ0) is 23.7. The number of rotatable bonds is 9. The number of nitrogens with zero attached hydrogens (tertiary/aromatic N) is 3. The number of ether oxygens (including phenoxy) is 1. The molecular formula is C19H21N5O7S2. The van der Waals surface area contributed by atoms with E-state index in [0.29, 0.717) is 18.1 Å². The van der Waals surface area contributed by atoms with Crippen LogP contribution in [0.4, 0.5) is 5.13 Å². The highest BCUT2D eigenvalue weighted by molar-refractivity contribution is 8.00. The van der Waals surface area contributed by atoms with Gasteiger partial charge in [-0.2, -0.15) is 0 Å². The molecule has 4 rings (SSSR count). The molecule has 2 amide bonds. The highest BCUT2D eigenvalue weighted by atomic mass is 32.2. The van der Waals surface area contributed by atoms with E-state index in [1.54, 1.807) is 5.38 Å². The number of nitrogens with two attached hydrogens (primary N) is 1. The number of oxime groups is 1. The number of hydrogen-bond acceptors (Lipinski definition) is 11. The number of carbonyl (C=O) groups excluding carboxylic acids is 3. The second kappa shape index (κ2) is 9.39. The van der Waals surface area contributed by atoms with Crippen LogP contribution in [0.15, 0.2) is 21.8 Å². The standard InChI is InChI=1S/C19H21N5O7S2/c1-8(25)30-5-10-6-32-17-13(16(27)24(17)14(10)18(28)29)22-15(26)12(11-7-33-19(20)21-11)23-31-4-9-2-3-9/h7,9,13,17H,2-6H2,1H3,(H2,20,21)(H,22,26)(H,28,29)/b23-12-/t13-,17-/m1/s1. The average molecular weight is 496 g/mol. The number of β-lactam (4-membered cyclic amide) rings is 1. The molecule has 176 valence electrons. The number of carboxylic acid groups (broad SMARTS) is 1. The van der Waals surface area contributed by atoms with E-state index in [1.807, 2.05) is 0 Å². The Kier molecular flexibility index (Phi) is 6.56. The van der Waals surface area contributed by atoms with Gasteiger partial charge in [0, 0.05) is 23.6 Å². The SMILES string of the molecule is CC(=O)OCC1=C(C(=O)O)N2C(=O)[C@@H](NC(=O)/C(=N\OCC3CC3)c3csc(N)n3)[C@H]2SC1. The summed E-state index contributed by atoms with van der Waals surface area (Å²) >= 11 is 2.40. The summed E-state index contributed by atoms with van der Waals surface area (Å²) < 4.78 is 4.91. The molecule has 14 heteroatoms. The third kappa shape index (κ3) is 4.95. The van der Waals surface area contributed by atoms with Crippen molar-refractivity contribution < 1.29 is 33.9 Å². The van der Waals surface area contributed by atoms with Crippen molar-refractivity contribution >= 4 is 57.7 Å². The van der Waals surface area contributed by atoms with Crippen LogP contribution in [-0.4, -0.2) is 74.8 Å². The number of thioether (sulfide) groups is 1. The van der Waals surface area contributed by atoms with Gasteiger partial charge in [-0.05, 0) is 18.8 Å². The van der Waals surface area contributed by atoms with E-state index < -0.39 is 35.2 Å². The number of hydrogen-bond donors (Lipinski definition) is 3. The minimum atomic E-state index is -1.31. The first-order valence-electron chi connectivity index (χ1n) is 10.0. The van der Waals surface area contributed by atoms with E-state index in [2.05, 4.69) is 15.5 Å². The molecule has 0 bridgehead atoms. The van der Waals surface area contributed by atoms with Crippen molar-refractivity contribution in [1.82, 2.24) is 15.2 Å². The molecule has 4 N–H and O–H groups in total. The Morgan fingerprint density at radius 3 is 2.76 bits per heavy atom. The summed E-state index contributed by atoms with van der Waals surface area (Å²) in [5.41, 5.74) is 5.87. The fourth-order valence-electron chi connectivity index (χ4n) is 3.29. The molecule has 2 fully saturated rings. The highest BCUT2D eigenvalue weighted by Crippen LogP contribution is 2.40. The Balaban J connectivity index is 1.48. The van der Waals surface area contributed by atoms with Gasteiger partial charge in [0.15, 0.2) is 10.8 Å². The summed E-state index contributed by atoms with van der Waals surface area (Å²) in [6, 6.07) is -0.961. The van der Waals surface area contributed by atoms with E-state index in [-0.39, 0.29) is 34.6 Å². The Hall–Kier alpha value is -3.13. The Morgan fingerprint density at radius 2 is 2.15 bits per heavy atom. The zero-order valence-electron chi connectivity index (χ0n) is 17.5. The number of aliphatic carboxylic acids is 1. The Bertz CT molecular complexity index is 1060. The average Bonchev–Trinajstić information content (AvgIpc) is 3.50. The lowest BCUT2D eigenvalue weighted by molar-refractivity contribution is -0.150. The number of nitrogen functional groups attached to an aromatic ring is 1. The van der Waals surface area contributed by atoms with Crippen LogP contribution in [0, 0.1) is 5.92 Å². The molecule has 12 nitrogen and oxygen atoms in total. The van der Waals surface area contributed by atoms with Crippen molar-refractivity contribution in [3.63, 3.8) is 0 Å². The van der Waals surface area contributed by atoms with Crippen LogP contribution >= 0.6 is 23.1 Å². The largest absolute Gasteiger partial charge is 0.477 e. The second-order valence-electron chi connectivity index (χ2n) is 7.65. The molecule has 0 unspecified atom stereocenters. The number of carbonyl (C=O) groups is 4. The number of anilines is 1. The van der Waals surface area contributed by atoms with E-state index in [4.69, 9.17) is 15.3 Å². The van der Waals surface area contributed by atoms with E-state index >= 15 is 0 Å². The topological polar surface area (TPSA) is 174 Å². The molecule has 3 aliphatic rings. The number of esters is 1. The molecule has 3 heterocycles. The number of fused-ring (bicyclic) bond motifs is 1. The van der Waals surface area contributed by atoms with Crippen molar-refractivity contribution in [3.8, 4) is 0 Å². The predicted octanol–water partition coefficient (Wildman–Crippen LogP) is 0.158. The molecule has 1 aromatic heterocycles.